The average molecular weight is 264 g/mol. The third-order valence-corrected chi connectivity index (χ3v) is 3.92. The second kappa shape index (κ2) is 6.28. The normalized spacial score (nSPS) is 23.7. The van der Waals surface area contributed by atoms with E-state index in [-0.39, 0.29) is 0 Å². The van der Waals surface area contributed by atoms with Gasteiger partial charge in [0.05, 0.1) is 17.5 Å². The molecule has 5 heteroatoms. The summed E-state index contributed by atoms with van der Waals surface area (Å²) in [4.78, 5) is 6.95. The van der Waals surface area contributed by atoms with E-state index in [2.05, 4.69) is 35.9 Å². The van der Waals surface area contributed by atoms with Crippen LogP contribution in [0, 0.1) is 0 Å². The van der Waals surface area contributed by atoms with Crippen molar-refractivity contribution in [3.8, 4) is 0 Å². The number of piperidine rings is 1. The largest absolute Gasteiger partial charge is 0.381 e. The summed E-state index contributed by atoms with van der Waals surface area (Å²) in [6, 6.07) is 0.401. The van der Waals surface area contributed by atoms with E-state index in [1.54, 1.807) is 7.11 Å². The van der Waals surface area contributed by atoms with Crippen LogP contribution in [0.25, 0.3) is 0 Å². The molecule has 0 saturated carbocycles. The Bertz CT molecular complexity index is 424. The molecule has 2 atom stereocenters. The zero-order valence-electron chi connectivity index (χ0n) is 12.4. The van der Waals surface area contributed by atoms with Crippen molar-refractivity contribution in [3.05, 3.63) is 11.4 Å². The minimum Gasteiger partial charge on any atom is -0.381 e. The highest BCUT2D eigenvalue weighted by Gasteiger charge is 2.27. The number of ether oxygens (including phenoxy) is 1. The number of aryl methyl sites for hydroxylation is 2. The van der Waals surface area contributed by atoms with E-state index in [4.69, 9.17) is 9.72 Å². The predicted octanol–water partition coefficient (Wildman–Crippen LogP) is 2.00. The Kier molecular flexibility index (Phi) is 4.69. The molecule has 1 aromatic heterocycles. The highest BCUT2D eigenvalue weighted by Crippen LogP contribution is 2.23. The van der Waals surface area contributed by atoms with Gasteiger partial charge < -0.3 is 9.64 Å². The smallest absolute Gasteiger partial charge is 0.245 e. The van der Waals surface area contributed by atoms with Gasteiger partial charge in [0.1, 0.15) is 0 Å². The highest BCUT2D eigenvalue weighted by molar-refractivity contribution is 5.33. The summed E-state index contributed by atoms with van der Waals surface area (Å²) >= 11 is 0. The van der Waals surface area contributed by atoms with E-state index < -0.39 is 0 Å². The highest BCUT2D eigenvalue weighted by atomic mass is 16.5. The molecule has 0 N–H and O–H groups in total. The average Bonchev–Trinajstić information content (AvgIpc) is 2.46. The SMILES string of the molecule is CCc1nnc(N2CC[C@@H](OC)C[C@H]2C)nc1CC. The lowest BCUT2D eigenvalue weighted by atomic mass is 10.0. The van der Waals surface area contributed by atoms with Gasteiger partial charge in [-0.3, -0.25) is 0 Å². The van der Waals surface area contributed by atoms with Gasteiger partial charge in [0, 0.05) is 19.7 Å². The Morgan fingerprint density at radius 2 is 1.95 bits per heavy atom. The van der Waals surface area contributed by atoms with Gasteiger partial charge in [-0.05, 0) is 32.6 Å². The first-order chi connectivity index (χ1) is 9.19. The van der Waals surface area contributed by atoms with Crippen molar-refractivity contribution in [2.45, 2.75) is 58.6 Å². The fraction of sp³-hybridized carbons (Fsp3) is 0.786. The molecule has 1 aliphatic heterocycles. The molecule has 0 unspecified atom stereocenters. The lowest BCUT2D eigenvalue weighted by Crippen LogP contribution is -2.44. The third-order valence-electron chi connectivity index (χ3n) is 3.92. The van der Waals surface area contributed by atoms with Crippen LogP contribution in [-0.2, 0) is 17.6 Å². The van der Waals surface area contributed by atoms with Crippen LogP contribution in [0.3, 0.4) is 0 Å². The van der Waals surface area contributed by atoms with Crippen LogP contribution >= 0.6 is 0 Å². The van der Waals surface area contributed by atoms with Crippen LogP contribution in [0.1, 0.15) is 45.0 Å². The lowest BCUT2D eigenvalue weighted by Gasteiger charge is -2.37. The summed E-state index contributed by atoms with van der Waals surface area (Å²) in [5.74, 6) is 0.774. The Morgan fingerprint density at radius 1 is 1.21 bits per heavy atom. The van der Waals surface area contributed by atoms with E-state index >= 15 is 0 Å². The third kappa shape index (κ3) is 3.03. The Morgan fingerprint density at radius 3 is 2.53 bits per heavy atom. The molecule has 19 heavy (non-hydrogen) atoms. The Labute approximate surface area is 115 Å². The topological polar surface area (TPSA) is 51.1 Å². The van der Waals surface area contributed by atoms with Gasteiger partial charge in [0.2, 0.25) is 5.95 Å². The van der Waals surface area contributed by atoms with E-state index in [1.165, 1.54) is 0 Å². The van der Waals surface area contributed by atoms with Crippen molar-refractivity contribution < 1.29 is 4.74 Å². The number of rotatable bonds is 4. The van der Waals surface area contributed by atoms with Gasteiger partial charge in [-0.25, -0.2) is 4.98 Å². The molecular formula is C14H24N4O. The maximum absolute atomic E-state index is 5.44. The van der Waals surface area contributed by atoms with Gasteiger partial charge in [0.25, 0.3) is 0 Å². The van der Waals surface area contributed by atoms with E-state index in [1.807, 2.05) is 0 Å². The first kappa shape index (κ1) is 14.2. The molecule has 1 fully saturated rings. The molecule has 0 bridgehead atoms. The van der Waals surface area contributed by atoms with Crippen LogP contribution < -0.4 is 4.90 Å². The van der Waals surface area contributed by atoms with Crippen molar-refractivity contribution in [1.29, 1.82) is 0 Å². The molecule has 0 aromatic carbocycles. The Balaban J connectivity index is 2.18. The summed E-state index contributed by atoms with van der Waals surface area (Å²) in [6.45, 7) is 7.36. The molecule has 1 aromatic rings. The predicted molar refractivity (Wildman–Crippen MR) is 75.4 cm³/mol. The molecule has 2 rings (SSSR count). The molecule has 0 spiro atoms. The van der Waals surface area contributed by atoms with Crippen molar-refractivity contribution in [3.63, 3.8) is 0 Å². The van der Waals surface area contributed by atoms with E-state index in [0.717, 1.165) is 49.6 Å². The van der Waals surface area contributed by atoms with Gasteiger partial charge in [-0.2, -0.15) is 5.10 Å². The lowest BCUT2D eigenvalue weighted by molar-refractivity contribution is 0.0717. The molecule has 0 aliphatic carbocycles. The number of nitrogens with zero attached hydrogens (tertiary/aromatic N) is 4. The van der Waals surface area contributed by atoms with Crippen LogP contribution in [0.4, 0.5) is 5.95 Å². The van der Waals surface area contributed by atoms with Crippen LogP contribution in [0.2, 0.25) is 0 Å². The summed E-state index contributed by atoms with van der Waals surface area (Å²) < 4.78 is 5.44. The number of anilines is 1. The van der Waals surface area contributed by atoms with E-state index in [9.17, 15) is 0 Å². The number of hydrogen-bond acceptors (Lipinski definition) is 5. The first-order valence-corrected chi connectivity index (χ1v) is 7.21. The maximum atomic E-state index is 5.44. The van der Waals surface area contributed by atoms with Crippen LogP contribution in [-0.4, -0.2) is 41.0 Å². The summed E-state index contributed by atoms with van der Waals surface area (Å²) in [5, 5.41) is 8.64. The van der Waals surface area contributed by atoms with Crippen molar-refractivity contribution >= 4 is 5.95 Å². The zero-order chi connectivity index (χ0) is 13.8. The van der Waals surface area contributed by atoms with Gasteiger partial charge in [-0.15, -0.1) is 5.10 Å². The van der Waals surface area contributed by atoms with Gasteiger partial charge in [0.15, 0.2) is 0 Å². The summed E-state index contributed by atoms with van der Waals surface area (Å²) in [6.07, 6.45) is 4.22. The van der Waals surface area contributed by atoms with Crippen LogP contribution in [0.5, 0.6) is 0 Å². The fourth-order valence-corrected chi connectivity index (χ4v) is 2.69. The zero-order valence-corrected chi connectivity index (χ0v) is 12.4. The monoisotopic (exact) mass is 264 g/mol. The fourth-order valence-electron chi connectivity index (χ4n) is 2.69. The molecule has 106 valence electrons. The minimum atomic E-state index is 0.361. The number of aromatic nitrogens is 3. The Hall–Kier alpha value is -1.23. The summed E-state index contributed by atoms with van der Waals surface area (Å²) in [5.41, 5.74) is 2.10. The van der Waals surface area contributed by atoms with Crippen LogP contribution in [0.15, 0.2) is 0 Å². The van der Waals surface area contributed by atoms with Crippen molar-refractivity contribution in [2.75, 3.05) is 18.6 Å². The second-order valence-electron chi connectivity index (χ2n) is 5.14. The van der Waals surface area contributed by atoms with Gasteiger partial charge >= 0.3 is 0 Å². The molecule has 2 heterocycles. The maximum Gasteiger partial charge on any atom is 0.245 e. The molecule has 0 amide bonds. The standard InChI is InChI=1S/C14H24N4O/c1-5-12-13(6-2)16-17-14(15-12)18-8-7-11(19-4)9-10(18)3/h10-11H,5-9H2,1-4H3/t10-,11-/m1/s1. The van der Waals surface area contributed by atoms with Crippen molar-refractivity contribution in [2.24, 2.45) is 0 Å². The first-order valence-electron chi connectivity index (χ1n) is 7.21. The molecule has 1 aliphatic rings. The molecule has 1 saturated heterocycles. The minimum absolute atomic E-state index is 0.361. The quantitative estimate of drug-likeness (QED) is 0.832. The molecule has 5 nitrogen and oxygen atoms in total. The number of hydrogen-bond donors (Lipinski definition) is 0. The summed E-state index contributed by atoms with van der Waals surface area (Å²) in [7, 11) is 1.79. The van der Waals surface area contributed by atoms with E-state index in [0.29, 0.717) is 12.1 Å². The molecule has 0 radical (unpaired) electrons. The molecular weight excluding hydrogens is 240 g/mol. The van der Waals surface area contributed by atoms with Crippen molar-refractivity contribution in [1.82, 2.24) is 15.2 Å². The second-order valence-corrected chi connectivity index (χ2v) is 5.14. The number of methoxy groups -OCH3 is 1. The van der Waals surface area contributed by atoms with Gasteiger partial charge in [-0.1, -0.05) is 13.8 Å².